The van der Waals surface area contributed by atoms with E-state index in [1.54, 1.807) is 37.3 Å². The van der Waals surface area contributed by atoms with Crippen molar-refractivity contribution >= 4 is 27.3 Å². The molecule has 0 spiro atoms. The molecule has 0 aliphatic heterocycles. The third-order valence-corrected chi connectivity index (χ3v) is 6.31. The molecule has 2 N–H and O–H groups in total. The van der Waals surface area contributed by atoms with Gasteiger partial charge in [-0.2, -0.15) is 0 Å². The van der Waals surface area contributed by atoms with E-state index in [0.717, 1.165) is 11.1 Å². The molecule has 0 heterocycles. The molecule has 0 unspecified atom stereocenters. The molecule has 0 radical (unpaired) electrons. The van der Waals surface area contributed by atoms with Crippen molar-refractivity contribution in [1.29, 1.82) is 0 Å². The zero-order valence-electron chi connectivity index (χ0n) is 18.6. The summed E-state index contributed by atoms with van der Waals surface area (Å²) >= 11 is 0. The Hall–Kier alpha value is -3.32. The highest BCUT2D eigenvalue weighted by molar-refractivity contribution is 7.92. The quantitative estimate of drug-likeness (QED) is 0.484. The number of rotatable bonds is 8. The number of sulfonamides is 1. The van der Waals surface area contributed by atoms with Crippen LogP contribution >= 0.6 is 0 Å². The predicted molar refractivity (Wildman–Crippen MR) is 128 cm³/mol. The van der Waals surface area contributed by atoms with Gasteiger partial charge in [0.25, 0.3) is 15.9 Å². The normalized spacial score (nSPS) is 12.3. The molecule has 32 heavy (non-hydrogen) atoms. The second-order valence-corrected chi connectivity index (χ2v) is 9.62. The Morgan fingerprint density at radius 3 is 2.22 bits per heavy atom. The summed E-state index contributed by atoms with van der Waals surface area (Å²) < 4.78 is 33.7. The van der Waals surface area contributed by atoms with Gasteiger partial charge in [0.1, 0.15) is 5.75 Å². The zero-order valence-corrected chi connectivity index (χ0v) is 19.4. The third kappa shape index (κ3) is 5.88. The van der Waals surface area contributed by atoms with Crippen LogP contribution in [-0.4, -0.2) is 20.4 Å². The molecule has 3 aromatic rings. The Morgan fingerprint density at radius 2 is 1.56 bits per heavy atom. The number of hydrogen-bond donors (Lipinski definition) is 2. The monoisotopic (exact) mass is 452 g/mol. The van der Waals surface area contributed by atoms with E-state index < -0.39 is 16.1 Å². The summed E-state index contributed by atoms with van der Waals surface area (Å²) in [5.74, 6) is 0.621. The first-order chi connectivity index (χ1) is 15.2. The first-order valence-corrected chi connectivity index (χ1v) is 11.9. The Balaban J connectivity index is 1.65. The van der Waals surface area contributed by atoms with E-state index in [0.29, 0.717) is 17.1 Å². The molecule has 0 fully saturated rings. The average Bonchev–Trinajstić information content (AvgIpc) is 2.74. The van der Waals surface area contributed by atoms with Crippen LogP contribution < -0.4 is 14.8 Å². The van der Waals surface area contributed by atoms with Gasteiger partial charge in [-0.15, -0.1) is 0 Å². The molecule has 7 heteroatoms. The van der Waals surface area contributed by atoms with E-state index in [1.807, 2.05) is 37.3 Å². The largest absolute Gasteiger partial charge is 0.481 e. The van der Waals surface area contributed by atoms with E-state index in [9.17, 15) is 13.2 Å². The number of para-hydroxylation sites is 1. The van der Waals surface area contributed by atoms with Crippen molar-refractivity contribution in [2.75, 3.05) is 10.0 Å². The summed E-state index contributed by atoms with van der Waals surface area (Å²) in [5.41, 5.74) is 2.96. The fourth-order valence-corrected chi connectivity index (χ4v) is 4.24. The van der Waals surface area contributed by atoms with Crippen LogP contribution in [0.3, 0.4) is 0 Å². The molecule has 0 saturated heterocycles. The first-order valence-electron chi connectivity index (χ1n) is 10.4. The van der Waals surface area contributed by atoms with Crippen LogP contribution in [0.2, 0.25) is 0 Å². The van der Waals surface area contributed by atoms with E-state index in [2.05, 4.69) is 23.9 Å². The molecule has 0 saturated carbocycles. The highest BCUT2D eigenvalue weighted by Gasteiger charge is 2.18. The second kappa shape index (κ2) is 9.87. The molecule has 0 aliphatic carbocycles. The maximum absolute atomic E-state index is 12.6. The Morgan fingerprint density at radius 1 is 0.875 bits per heavy atom. The van der Waals surface area contributed by atoms with Gasteiger partial charge in [-0.05, 0) is 73.4 Å². The van der Waals surface area contributed by atoms with Gasteiger partial charge in [0.15, 0.2) is 6.10 Å². The Kier molecular flexibility index (Phi) is 7.20. The average molecular weight is 453 g/mol. The van der Waals surface area contributed by atoms with Crippen molar-refractivity contribution in [1.82, 2.24) is 0 Å². The van der Waals surface area contributed by atoms with Gasteiger partial charge in [-0.1, -0.05) is 44.2 Å². The number of amides is 1. The summed E-state index contributed by atoms with van der Waals surface area (Å²) in [6.45, 7) is 7.70. The predicted octanol–water partition coefficient (Wildman–Crippen LogP) is 5.33. The van der Waals surface area contributed by atoms with Gasteiger partial charge in [-0.3, -0.25) is 9.52 Å². The number of anilines is 2. The molecular formula is C25H28N2O4S. The minimum absolute atomic E-state index is 0.104. The van der Waals surface area contributed by atoms with E-state index in [1.165, 1.54) is 12.1 Å². The number of ether oxygens (including phenoxy) is 1. The fraction of sp³-hybridized carbons (Fsp3) is 0.240. The number of benzene rings is 3. The Bertz CT molecular complexity index is 1190. The molecular weight excluding hydrogens is 424 g/mol. The summed E-state index contributed by atoms with van der Waals surface area (Å²) in [6.07, 6.45) is -0.721. The van der Waals surface area contributed by atoms with Crippen LogP contribution in [0.15, 0.2) is 77.7 Å². The molecule has 1 atom stereocenters. The van der Waals surface area contributed by atoms with Crippen molar-refractivity contribution in [3.8, 4) is 5.75 Å². The Labute approximate surface area is 189 Å². The standard InChI is InChI=1S/C25H28N2O4S/c1-17(2)23-10-5-6-11-24(23)31-19(4)25(28)26-20-12-14-22(15-13-20)32(29,30)27-21-9-7-8-18(3)16-21/h5-17,19,27H,1-4H3,(H,26,28)/t19-/m0/s1. The zero-order chi connectivity index (χ0) is 23.3. The molecule has 0 aromatic heterocycles. The second-order valence-electron chi connectivity index (χ2n) is 7.94. The van der Waals surface area contributed by atoms with E-state index >= 15 is 0 Å². The van der Waals surface area contributed by atoms with Crippen molar-refractivity contribution in [2.45, 2.75) is 44.6 Å². The SMILES string of the molecule is Cc1cccc(NS(=O)(=O)c2ccc(NC(=O)[C@H](C)Oc3ccccc3C(C)C)cc2)c1. The summed E-state index contributed by atoms with van der Waals surface area (Å²) in [5, 5.41) is 2.77. The summed E-state index contributed by atoms with van der Waals surface area (Å²) in [7, 11) is -3.73. The van der Waals surface area contributed by atoms with Gasteiger partial charge >= 0.3 is 0 Å². The minimum atomic E-state index is -3.73. The molecule has 0 bridgehead atoms. The lowest BCUT2D eigenvalue weighted by molar-refractivity contribution is -0.122. The number of carbonyl (C=O) groups excluding carboxylic acids is 1. The maximum Gasteiger partial charge on any atom is 0.265 e. The number of aryl methyl sites for hydroxylation is 1. The van der Waals surface area contributed by atoms with E-state index in [4.69, 9.17) is 4.74 Å². The van der Waals surface area contributed by atoms with Crippen LogP contribution in [0, 0.1) is 6.92 Å². The highest BCUT2D eigenvalue weighted by atomic mass is 32.2. The molecule has 1 amide bonds. The fourth-order valence-electron chi connectivity index (χ4n) is 3.19. The number of hydrogen-bond acceptors (Lipinski definition) is 4. The van der Waals surface area contributed by atoms with Crippen molar-refractivity contribution < 1.29 is 17.9 Å². The maximum atomic E-state index is 12.6. The van der Waals surface area contributed by atoms with Gasteiger partial charge in [0.2, 0.25) is 0 Å². The van der Waals surface area contributed by atoms with Crippen LogP contribution in [0.1, 0.15) is 37.8 Å². The third-order valence-electron chi connectivity index (χ3n) is 4.92. The number of nitrogens with one attached hydrogen (secondary N) is 2. The van der Waals surface area contributed by atoms with Crippen LogP contribution in [0.4, 0.5) is 11.4 Å². The van der Waals surface area contributed by atoms with Crippen molar-refractivity contribution in [2.24, 2.45) is 0 Å². The summed E-state index contributed by atoms with van der Waals surface area (Å²) in [6, 6.07) is 20.8. The molecule has 0 aliphatic rings. The van der Waals surface area contributed by atoms with Crippen molar-refractivity contribution in [3.05, 3.63) is 83.9 Å². The minimum Gasteiger partial charge on any atom is -0.481 e. The number of carbonyl (C=O) groups is 1. The lowest BCUT2D eigenvalue weighted by Crippen LogP contribution is -2.30. The molecule has 3 aromatic carbocycles. The van der Waals surface area contributed by atoms with E-state index in [-0.39, 0.29) is 16.7 Å². The lowest BCUT2D eigenvalue weighted by Gasteiger charge is -2.18. The van der Waals surface area contributed by atoms with Gasteiger partial charge < -0.3 is 10.1 Å². The smallest absolute Gasteiger partial charge is 0.265 e. The first kappa shape index (κ1) is 23.3. The molecule has 6 nitrogen and oxygen atoms in total. The van der Waals surface area contributed by atoms with Gasteiger partial charge in [0.05, 0.1) is 4.90 Å². The van der Waals surface area contributed by atoms with Crippen LogP contribution in [-0.2, 0) is 14.8 Å². The van der Waals surface area contributed by atoms with Gasteiger partial charge in [0, 0.05) is 11.4 Å². The lowest BCUT2D eigenvalue weighted by atomic mass is 10.0. The summed E-state index contributed by atoms with van der Waals surface area (Å²) in [4.78, 5) is 12.7. The van der Waals surface area contributed by atoms with Crippen LogP contribution in [0.5, 0.6) is 5.75 Å². The van der Waals surface area contributed by atoms with Gasteiger partial charge in [-0.25, -0.2) is 8.42 Å². The topological polar surface area (TPSA) is 84.5 Å². The van der Waals surface area contributed by atoms with Crippen molar-refractivity contribution in [3.63, 3.8) is 0 Å². The molecule has 3 rings (SSSR count). The highest BCUT2D eigenvalue weighted by Crippen LogP contribution is 2.27. The molecule has 168 valence electrons. The van der Waals surface area contributed by atoms with Crippen LogP contribution in [0.25, 0.3) is 0 Å².